The minimum Gasteiger partial charge on any atom is -0.478 e. The van der Waals surface area contributed by atoms with Gasteiger partial charge in [-0.1, -0.05) is 0 Å². The lowest BCUT2D eigenvalue weighted by Crippen LogP contribution is -2.54. The number of carbonyl (C=O) groups is 2. The number of anilines is 2. The Morgan fingerprint density at radius 3 is 2.79 bits per heavy atom. The topological polar surface area (TPSA) is 95.7 Å². The van der Waals surface area contributed by atoms with Crippen molar-refractivity contribution in [2.45, 2.75) is 19.4 Å². The van der Waals surface area contributed by atoms with E-state index in [0.717, 1.165) is 5.69 Å². The van der Waals surface area contributed by atoms with E-state index in [-0.39, 0.29) is 23.6 Å². The fourth-order valence-corrected chi connectivity index (χ4v) is 2.07. The molecule has 0 fully saturated rings. The maximum Gasteiger partial charge on any atom is 0.335 e. The summed E-state index contributed by atoms with van der Waals surface area (Å²) in [5, 5.41) is 11.7. The van der Waals surface area contributed by atoms with E-state index in [2.05, 4.69) is 5.32 Å². The van der Waals surface area contributed by atoms with Crippen LogP contribution >= 0.6 is 0 Å². The fraction of sp³-hybridized carbons (Fsp3) is 0.385. The van der Waals surface area contributed by atoms with Crippen molar-refractivity contribution in [3.05, 3.63) is 23.8 Å². The first-order chi connectivity index (χ1) is 8.85. The molecule has 1 aromatic carbocycles. The minimum absolute atomic E-state index is 0.145. The number of amides is 1. The Hall–Kier alpha value is -2.08. The highest BCUT2D eigenvalue weighted by molar-refractivity contribution is 6.03. The number of fused-ring (bicyclic) bond motifs is 1. The van der Waals surface area contributed by atoms with Gasteiger partial charge in [0, 0.05) is 12.1 Å². The second-order valence-corrected chi connectivity index (χ2v) is 5.19. The van der Waals surface area contributed by atoms with Gasteiger partial charge < -0.3 is 21.1 Å². The third-order valence-corrected chi connectivity index (χ3v) is 3.34. The van der Waals surface area contributed by atoms with Gasteiger partial charge in [0.1, 0.15) is 0 Å². The molecule has 0 spiro atoms. The quantitative estimate of drug-likeness (QED) is 0.752. The highest BCUT2D eigenvalue weighted by atomic mass is 16.4. The van der Waals surface area contributed by atoms with Crippen LogP contribution in [0.25, 0.3) is 0 Å². The lowest BCUT2D eigenvalue weighted by atomic mass is 9.99. The largest absolute Gasteiger partial charge is 0.478 e. The SMILES string of the molecule is CC(C)(CN)N1CC(=O)Nc2cc(C(=O)O)ccc21. The van der Waals surface area contributed by atoms with E-state index in [4.69, 9.17) is 10.8 Å². The molecule has 0 bridgehead atoms. The van der Waals surface area contributed by atoms with Crippen molar-refractivity contribution >= 4 is 23.3 Å². The van der Waals surface area contributed by atoms with Gasteiger partial charge in [-0.3, -0.25) is 4.79 Å². The summed E-state index contributed by atoms with van der Waals surface area (Å²) in [7, 11) is 0. The predicted octanol–water partition coefficient (Wildman–Crippen LogP) is 0.881. The first-order valence-corrected chi connectivity index (χ1v) is 6.00. The second kappa shape index (κ2) is 4.55. The Labute approximate surface area is 111 Å². The third-order valence-electron chi connectivity index (χ3n) is 3.34. The number of nitrogens with one attached hydrogen (secondary N) is 1. The number of hydrogen-bond acceptors (Lipinski definition) is 4. The number of carbonyl (C=O) groups excluding carboxylic acids is 1. The lowest BCUT2D eigenvalue weighted by Gasteiger charge is -2.42. The van der Waals surface area contributed by atoms with E-state index in [0.29, 0.717) is 12.2 Å². The molecule has 1 aliphatic rings. The Balaban J connectivity index is 2.50. The standard InChI is InChI=1S/C13H17N3O3/c1-13(2,7-14)16-6-11(17)15-9-5-8(12(18)19)3-4-10(9)16/h3-5H,6-7,14H2,1-2H3,(H,15,17)(H,18,19). The Morgan fingerprint density at radius 1 is 1.53 bits per heavy atom. The number of carboxylic acid groups (broad SMARTS) is 1. The van der Waals surface area contributed by atoms with Crippen LogP contribution in [0.4, 0.5) is 11.4 Å². The number of nitrogens with zero attached hydrogens (tertiary/aromatic N) is 1. The highest BCUT2D eigenvalue weighted by Gasteiger charge is 2.32. The molecule has 0 aromatic heterocycles. The summed E-state index contributed by atoms with van der Waals surface area (Å²) < 4.78 is 0. The van der Waals surface area contributed by atoms with Gasteiger partial charge in [-0.15, -0.1) is 0 Å². The molecule has 0 saturated heterocycles. The molecule has 1 aliphatic heterocycles. The van der Waals surface area contributed by atoms with E-state index in [1.165, 1.54) is 12.1 Å². The van der Waals surface area contributed by atoms with Gasteiger partial charge in [0.2, 0.25) is 5.91 Å². The van der Waals surface area contributed by atoms with E-state index in [9.17, 15) is 9.59 Å². The number of carboxylic acids is 1. The molecule has 1 amide bonds. The van der Waals surface area contributed by atoms with Gasteiger partial charge in [0.15, 0.2) is 0 Å². The molecule has 102 valence electrons. The molecule has 0 saturated carbocycles. The van der Waals surface area contributed by atoms with Gasteiger partial charge >= 0.3 is 5.97 Å². The summed E-state index contributed by atoms with van der Waals surface area (Å²) >= 11 is 0. The molecular formula is C13H17N3O3. The molecule has 19 heavy (non-hydrogen) atoms. The maximum absolute atomic E-state index is 11.7. The maximum atomic E-state index is 11.7. The minimum atomic E-state index is -1.02. The third kappa shape index (κ3) is 2.39. The molecule has 0 aliphatic carbocycles. The Bertz CT molecular complexity index is 540. The van der Waals surface area contributed by atoms with Crippen LogP contribution in [0.1, 0.15) is 24.2 Å². The molecule has 6 heteroatoms. The van der Waals surface area contributed by atoms with Crippen LogP contribution in [-0.2, 0) is 4.79 Å². The summed E-state index contributed by atoms with van der Waals surface area (Å²) in [6.45, 7) is 4.49. The van der Waals surface area contributed by atoms with Crippen molar-refractivity contribution in [2.24, 2.45) is 5.73 Å². The van der Waals surface area contributed by atoms with Crippen LogP contribution in [0.5, 0.6) is 0 Å². The van der Waals surface area contributed by atoms with Crippen LogP contribution in [0, 0.1) is 0 Å². The van der Waals surface area contributed by atoms with Crippen LogP contribution in [-0.4, -0.2) is 35.6 Å². The zero-order chi connectivity index (χ0) is 14.2. The molecule has 0 radical (unpaired) electrons. The normalized spacial score (nSPS) is 14.9. The molecule has 0 unspecified atom stereocenters. The monoisotopic (exact) mass is 263 g/mol. The summed E-state index contributed by atoms with van der Waals surface area (Å²) in [6.07, 6.45) is 0. The summed E-state index contributed by atoms with van der Waals surface area (Å²) in [6, 6.07) is 4.70. The van der Waals surface area contributed by atoms with Crippen LogP contribution in [0.2, 0.25) is 0 Å². The van der Waals surface area contributed by atoms with Crippen molar-refractivity contribution in [1.29, 1.82) is 0 Å². The summed E-state index contributed by atoms with van der Waals surface area (Å²) in [5.74, 6) is -1.19. The second-order valence-electron chi connectivity index (χ2n) is 5.19. The molecule has 0 atom stereocenters. The van der Waals surface area contributed by atoms with Crippen LogP contribution < -0.4 is 16.0 Å². The van der Waals surface area contributed by atoms with E-state index < -0.39 is 5.97 Å². The average molecular weight is 263 g/mol. The molecule has 1 heterocycles. The molecule has 6 nitrogen and oxygen atoms in total. The molecule has 2 rings (SSSR count). The Kier molecular flexibility index (Phi) is 3.20. The van der Waals surface area contributed by atoms with Crippen molar-refractivity contribution in [1.82, 2.24) is 0 Å². The fourth-order valence-electron chi connectivity index (χ4n) is 2.07. The Morgan fingerprint density at radius 2 is 2.21 bits per heavy atom. The number of rotatable bonds is 3. The first-order valence-electron chi connectivity index (χ1n) is 6.00. The molecule has 1 aromatic rings. The van der Waals surface area contributed by atoms with Crippen LogP contribution in [0.15, 0.2) is 18.2 Å². The van der Waals surface area contributed by atoms with Crippen LogP contribution in [0.3, 0.4) is 0 Å². The van der Waals surface area contributed by atoms with Gasteiger partial charge in [0.05, 0.1) is 23.5 Å². The van der Waals surface area contributed by atoms with Crippen molar-refractivity contribution in [3.8, 4) is 0 Å². The summed E-state index contributed by atoms with van der Waals surface area (Å²) in [5.41, 5.74) is 6.82. The van der Waals surface area contributed by atoms with Gasteiger partial charge in [-0.25, -0.2) is 4.79 Å². The predicted molar refractivity (Wildman–Crippen MR) is 72.5 cm³/mol. The van der Waals surface area contributed by atoms with E-state index in [1.807, 2.05) is 18.7 Å². The molecule has 4 N–H and O–H groups in total. The van der Waals surface area contributed by atoms with Crippen molar-refractivity contribution in [3.63, 3.8) is 0 Å². The van der Waals surface area contributed by atoms with E-state index in [1.54, 1.807) is 6.07 Å². The molecular weight excluding hydrogens is 246 g/mol. The number of benzene rings is 1. The average Bonchev–Trinajstić information content (AvgIpc) is 2.36. The number of hydrogen-bond donors (Lipinski definition) is 3. The summed E-state index contributed by atoms with van der Waals surface area (Å²) in [4.78, 5) is 24.6. The lowest BCUT2D eigenvalue weighted by molar-refractivity contribution is -0.115. The van der Waals surface area contributed by atoms with Crippen molar-refractivity contribution in [2.75, 3.05) is 23.3 Å². The zero-order valence-electron chi connectivity index (χ0n) is 10.9. The van der Waals surface area contributed by atoms with Gasteiger partial charge in [0.25, 0.3) is 0 Å². The van der Waals surface area contributed by atoms with Crippen molar-refractivity contribution < 1.29 is 14.7 Å². The smallest absolute Gasteiger partial charge is 0.335 e. The highest BCUT2D eigenvalue weighted by Crippen LogP contribution is 2.34. The van der Waals surface area contributed by atoms with E-state index >= 15 is 0 Å². The zero-order valence-corrected chi connectivity index (χ0v) is 10.9. The van der Waals surface area contributed by atoms with Gasteiger partial charge in [-0.2, -0.15) is 0 Å². The first kappa shape index (κ1) is 13.4. The number of nitrogens with two attached hydrogens (primary N) is 1. The number of aromatic carboxylic acids is 1. The van der Waals surface area contributed by atoms with Gasteiger partial charge in [-0.05, 0) is 32.0 Å².